The lowest BCUT2D eigenvalue weighted by Crippen LogP contribution is -2.04. The lowest BCUT2D eigenvalue weighted by molar-refractivity contribution is -0.137. The summed E-state index contributed by atoms with van der Waals surface area (Å²) in [5.41, 5.74) is 1.11. The molecule has 0 radical (unpaired) electrons. The van der Waals surface area contributed by atoms with Crippen LogP contribution < -0.4 is 0 Å². The van der Waals surface area contributed by atoms with Crippen LogP contribution in [0.4, 0.5) is 8.78 Å². The Morgan fingerprint density at radius 2 is 2.11 bits per heavy atom. The lowest BCUT2D eigenvalue weighted by Gasteiger charge is -2.06. The maximum absolute atomic E-state index is 13.2. The number of nitrogens with zero attached hydrogens (tertiary/aromatic N) is 2. The van der Waals surface area contributed by atoms with Crippen molar-refractivity contribution in [3.05, 3.63) is 41.9 Å². The fraction of sp³-hybridized carbons (Fsp3) is 0.231. The SMILES string of the molecule is Cn1c(-c2ccc(F)c(F)c2)cnc1CCC(=O)O. The highest BCUT2D eigenvalue weighted by Gasteiger charge is 2.11. The van der Waals surface area contributed by atoms with Gasteiger partial charge in [-0.15, -0.1) is 0 Å². The Morgan fingerprint density at radius 1 is 1.37 bits per heavy atom. The van der Waals surface area contributed by atoms with Crippen molar-refractivity contribution in [2.24, 2.45) is 7.05 Å². The number of rotatable bonds is 4. The van der Waals surface area contributed by atoms with Crippen LogP contribution in [0.25, 0.3) is 11.3 Å². The van der Waals surface area contributed by atoms with Gasteiger partial charge < -0.3 is 9.67 Å². The molecule has 0 unspecified atom stereocenters. The first kappa shape index (κ1) is 13.2. The first-order chi connectivity index (χ1) is 8.99. The summed E-state index contributed by atoms with van der Waals surface area (Å²) in [6, 6.07) is 3.60. The van der Waals surface area contributed by atoms with Crippen LogP contribution in [0.3, 0.4) is 0 Å². The molecule has 100 valence electrons. The summed E-state index contributed by atoms with van der Waals surface area (Å²) < 4.78 is 27.7. The van der Waals surface area contributed by atoms with Crippen molar-refractivity contribution in [2.75, 3.05) is 0 Å². The van der Waals surface area contributed by atoms with Crippen LogP contribution in [0.5, 0.6) is 0 Å². The van der Waals surface area contributed by atoms with Gasteiger partial charge in [-0.25, -0.2) is 13.8 Å². The number of aliphatic carboxylic acids is 1. The molecule has 0 aliphatic heterocycles. The second kappa shape index (κ2) is 5.17. The number of benzene rings is 1. The number of halogens is 2. The summed E-state index contributed by atoms with van der Waals surface area (Å²) >= 11 is 0. The van der Waals surface area contributed by atoms with Gasteiger partial charge in [-0.1, -0.05) is 0 Å². The zero-order chi connectivity index (χ0) is 14.0. The minimum atomic E-state index is -0.925. The monoisotopic (exact) mass is 266 g/mol. The van der Waals surface area contributed by atoms with Crippen molar-refractivity contribution >= 4 is 5.97 Å². The van der Waals surface area contributed by atoms with E-state index in [0.29, 0.717) is 17.1 Å². The Labute approximate surface area is 108 Å². The Balaban J connectivity index is 2.30. The maximum atomic E-state index is 13.2. The molecule has 0 saturated carbocycles. The van der Waals surface area contributed by atoms with Gasteiger partial charge in [0, 0.05) is 19.0 Å². The summed E-state index contributed by atoms with van der Waals surface area (Å²) in [5.74, 6) is -2.15. The van der Waals surface area contributed by atoms with E-state index in [9.17, 15) is 13.6 Å². The third kappa shape index (κ3) is 2.78. The van der Waals surface area contributed by atoms with Gasteiger partial charge in [-0.2, -0.15) is 0 Å². The molecular formula is C13H12F2N2O2. The second-order valence-corrected chi connectivity index (χ2v) is 4.14. The topological polar surface area (TPSA) is 55.1 Å². The molecule has 0 spiro atoms. The number of carboxylic acid groups (broad SMARTS) is 1. The molecule has 0 amide bonds. The first-order valence-electron chi connectivity index (χ1n) is 5.67. The van der Waals surface area contributed by atoms with Gasteiger partial charge in [-0.3, -0.25) is 4.79 Å². The van der Waals surface area contributed by atoms with Crippen LogP contribution in [-0.2, 0) is 18.3 Å². The van der Waals surface area contributed by atoms with Crippen LogP contribution in [0.2, 0.25) is 0 Å². The third-order valence-electron chi connectivity index (χ3n) is 2.86. The van der Waals surface area contributed by atoms with E-state index in [1.165, 1.54) is 12.3 Å². The fourth-order valence-electron chi connectivity index (χ4n) is 1.82. The van der Waals surface area contributed by atoms with Gasteiger partial charge in [0.1, 0.15) is 5.82 Å². The molecular weight excluding hydrogens is 254 g/mol. The highest BCUT2D eigenvalue weighted by Crippen LogP contribution is 2.22. The fourth-order valence-corrected chi connectivity index (χ4v) is 1.82. The smallest absolute Gasteiger partial charge is 0.303 e. The Kier molecular flexibility index (Phi) is 3.59. The molecule has 1 aromatic heterocycles. The van der Waals surface area contributed by atoms with Crippen molar-refractivity contribution in [2.45, 2.75) is 12.8 Å². The Hall–Kier alpha value is -2.24. The number of hydrogen-bond donors (Lipinski definition) is 1. The van der Waals surface area contributed by atoms with E-state index in [-0.39, 0.29) is 12.8 Å². The molecule has 0 bridgehead atoms. The zero-order valence-corrected chi connectivity index (χ0v) is 10.2. The molecule has 2 rings (SSSR count). The molecule has 0 aliphatic rings. The van der Waals surface area contributed by atoms with E-state index in [4.69, 9.17) is 5.11 Å². The number of carboxylic acids is 1. The summed E-state index contributed by atoms with van der Waals surface area (Å²) in [4.78, 5) is 14.6. The maximum Gasteiger partial charge on any atom is 0.303 e. The molecule has 0 fully saturated rings. The highest BCUT2D eigenvalue weighted by atomic mass is 19.2. The normalized spacial score (nSPS) is 10.7. The van der Waals surface area contributed by atoms with E-state index in [0.717, 1.165) is 12.1 Å². The third-order valence-corrected chi connectivity index (χ3v) is 2.86. The van der Waals surface area contributed by atoms with Crippen molar-refractivity contribution in [3.8, 4) is 11.3 Å². The van der Waals surface area contributed by atoms with Crippen LogP contribution in [0.1, 0.15) is 12.2 Å². The predicted octanol–water partition coefficient (Wildman–Crippen LogP) is 2.38. The van der Waals surface area contributed by atoms with Gasteiger partial charge in [0.25, 0.3) is 0 Å². The summed E-state index contributed by atoms with van der Waals surface area (Å²) in [6.07, 6.45) is 1.78. The summed E-state index contributed by atoms with van der Waals surface area (Å²) in [7, 11) is 1.71. The van der Waals surface area contributed by atoms with Crippen molar-refractivity contribution < 1.29 is 18.7 Å². The predicted molar refractivity (Wildman–Crippen MR) is 64.5 cm³/mol. The number of carbonyl (C=O) groups is 1. The largest absolute Gasteiger partial charge is 0.481 e. The molecule has 19 heavy (non-hydrogen) atoms. The molecule has 0 aliphatic carbocycles. The molecule has 2 aromatic rings. The second-order valence-electron chi connectivity index (χ2n) is 4.14. The number of aromatic nitrogens is 2. The van der Waals surface area contributed by atoms with Crippen LogP contribution in [0, 0.1) is 11.6 Å². The standard InChI is InChI=1S/C13H12F2N2O2/c1-17-11(7-16-12(17)4-5-13(18)19)8-2-3-9(14)10(15)6-8/h2-3,6-7H,4-5H2,1H3,(H,18,19). The molecule has 1 N–H and O–H groups in total. The van der Waals surface area contributed by atoms with Gasteiger partial charge in [0.15, 0.2) is 11.6 Å². The highest BCUT2D eigenvalue weighted by molar-refractivity contribution is 5.67. The quantitative estimate of drug-likeness (QED) is 0.924. The van der Waals surface area contributed by atoms with E-state index >= 15 is 0 Å². The van der Waals surface area contributed by atoms with Crippen molar-refractivity contribution in [3.63, 3.8) is 0 Å². The first-order valence-corrected chi connectivity index (χ1v) is 5.67. The molecule has 0 saturated heterocycles. The molecule has 1 heterocycles. The van der Waals surface area contributed by atoms with Crippen LogP contribution >= 0.6 is 0 Å². The van der Waals surface area contributed by atoms with Gasteiger partial charge in [0.05, 0.1) is 18.3 Å². The van der Waals surface area contributed by atoms with E-state index in [1.54, 1.807) is 11.6 Å². The molecule has 0 atom stereocenters. The van der Waals surface area contributed by atoms with E-state index in [1.807, 2.05) is 0 Å². The van der Waals surface area contributed by atoms with E-state index < -0.39 is 17.6 Å². The van der Waals surface area contributed by atoms with Crippen molar-refractivity contribution in [1.82, 2.24) is 9.55 Å². The Morgan fingerprint density at radius 3 is 2.74 bits per heavy atom. The number of hydrogen-bond acceptors (Lipinski definition) is 2. The lowest BCUT2D eigenvalue weighted by atomic mass is 10.1. The van der Waals surface area contributed by atoms with Crippen LogP contribution in [0.15, 0.2) is 24.4 Å². The zero-order valence-electron chi connectivity index (χ0n) is 10.2. The number of imidazole rings is 1. The molecule has 6 heteroatoms. The molecule has 1 aromatic carbocycles. The minimum Gasteiger partial charge on any atom is -0.481 e. The Bertz CT molecular complexity index is 623. The average molecular weight is 266 g/mol. The van der Waals surface area contributed by atoms with Crippen molar-refractivity contribution in [1.29, 1.82) is 0 Å². The van der Waals surface area contributed by atoms with Crippen LogP contribution in [-0.4, -0.2) is 20.6 Å². The average Bonchev–Trinajstić information content (AvgIpc) is 2.72. The minimum absolute atomic E-state index is 0.0257. The van der Waals surface area contributed by atoms with Gasteiger partial charge >= 0.3 is 5.97 Å². The van der Waals surface area contributed by atoms with Gasteiger partial charge in [0.2, 0.25) is 0 Å². The van der Waals surface area contributed by atoms with E-state index in [2.05, 4.69) is 4.98 Å². The summed E-state index contributed by atoms with van der Waals surface area (Å²) in [5, 5.41) is 8.63. The molecule has 4 nitrogen and oxygen atoms in total. The van der Waals surface area contributed by atoms with Gasteiger partial charge in [-0.05, 0) is 18.2 Å². The summed E-state index contributed by atoms with van der Waals surface area (Å²) in [6.45, 7) is 0. The number of aryl methyl sites for hydroxylation is 1.